The van der Waals surface area contributed by atoms with E-state index in [0.717, 1.165) is 31.5 Å². The van der Waals surface area contributed by atoms with E-state index in [1.54, 1.807) is 58.0 Å². The zero-order valence-corrected chi connectivity index (χ0v) is 29.8. The minimum absolute atomic E-state index is 0.0380. The van der Waals surface area contributed by atoms with Crippen LogP contribution < -0.4 is 15.8 Å². The molecule has 1 amide bonds. The van der Waals surface area contributed by atoms with E-state index in [9.17, 15) is 22.4 Å². The molecule has 2 aliphatic rings. The molecule has 2 fully saturated rings. The molecule has 0 unspecified atom stereocenters. The maximum atomic E-state index is 14.4. The third-order valence-electron chi connectivity index (χ3n) is 9.76. The molecule has 0 bridgehead atoms. The van der Waals surface area contributed by atoms with Crippen LogP contribution in [-0.2, 0) is 17.9 Å². The van der Waals surface area contributed by atoms with Crippen molar-refractivity contribution in [2.75, 3.05) is 13.1 Å². The Morgan fingerprint density at radius 1 is 1.04 bits per heavy atom. The highest BCUT2D eigenvalue weighted by atomic mass is 19.4. The number of halogens is 4. The Morgan fingerprint density at radius 2 is 1.77 bits per heavy atom. The molecule has 276 valence electrons. The zero-order chi connectivity index (χ0) is 37.4. The molecular weight excluding hydrogens is 676 g/mol. The van der Waals surface area contributed by atoms with Crippen LogP contribution in [0.25, 0.3) is 11.0 Å². The summed E-state index contributed by atoms with van der Waals surface area (Å²) in [6.07, 6.45) is -2.62. The molecule has 13 heteroatoms. The summed E-state index contributed by atoms with van der Waals surface area (Å²) >= 11 is 0. The first-order valence-electron chi connectivity index (χ1n) is 17.5. The monoisotopic (exact) mass is 720 g/mol. The summed E-state index contributed by atoms with van der Waals surface area (Å²) in [4.78, 5) is 20.5. The lowest BCUT2D eigenvalue weighted by molar-refractivity contribution is -0.202. The lowest BCUT2D eigenvalue weighted by Crippen LogP contribution is -2.53. The number of aromatic nitrogens is 2. The van der Waals surface area contributed by atoms with E-state index < -0.39 is 35.3 Å². The SMILES string of the molecule is CC(C)(N)OC(C)(C)NC(=O)c1ccc2nc(CN3CCC(c4cccc(OCc5ccc(C#N)cc5F)c4)CC3)n(C3CC(C(F)(F)F)C3)c2c1. The first-order chi connectivity index (χ1) is 24.5. The number of alkyl halides is 3. The van der Waals surface area contributed by atoms with Gasteiger partial charge in [-0.2, -0.15) is 18.4 Å². The van der Waals surface area contributed by atoms with E-state index >= 15 is 0 Å². The molecule has 4 aromatic rings. The standard InChI is InChI=1S/C39H44F4N6O3/c1-37(2,45)52-38(3,4)47-36(50)27-10-11-33-34(18-27)49(30-19-29(20-30)39(41,42)43)35(46-33)22-48-14-12-25(13-15-48)26-6-5-7-31(17-26)51-23-28-9-8-24(21-44)16-32(28)40/h5-11,16-18,25,29-30H,12-15,19-20,22-23,45H2,1-4H3,(H,47,50). The van der Waals surface area contributed by atoms with Gasteiger partial charge in [0.1, 0.15) is 35.4 Å². The highest BCUT2D eigenvalue weighted by Gasteiger charge is 2.49. The number of nitrogens with two attached hydrogens (primary N) is 1. The molecule has 1 aromatic heterocycles. The number of fused-ring (bicyclic) bond motifs is 1. The molecule has 1 saturated heterocycles. The van der Waals surface area contributed by atoms with Gasteiger partial charge < -0.3 is 25.1 Å². The maximum absolute atomic E-state index is 14.4. The van der Waals surface area contributed by atoms with Crippen molar-refractivity contribution in [3.05, 3.63) is 94.6 Å². The van der Waals surface area contributed by atoms with Crippen molar-refractivity contribution in [3.8, 4) is 11.8 Å². The fraction of sp³-hybridized carbons (Fsp3) is 0.462. The summed E-state index contributed by atoms with van der Waals surface area (Å²) in [6.45, 7) is 8.76. The van der Waals surface area contributed by atoms with Crippen LogP contribution in [0.2, 0.25) is 0 Å². The third kappa shape index (κ3) is 8.74. The van der Waals surface area contributed by atoms with Crippen LogP contribution in [0.15, 0.2) is 60.7 Å². The first-order valence-corrected chi connectivity index (χ1v) is 17.5. The van der Waals surface area contributed by atoms with Gasteiger partial charge in [0.05, 0.1) is 35.1 Å². The Hall–Kier alpha value is -4.51. The van der Waals surface area contributed by atoms with Crippen molar-refractivity contribution in [2.45, 2.75) is 96.1 Å². The second-order valence-electron chi connectivity index (χ2n) is 15.0. The number of hydrogen-bond donors (Lipinski definition) is 2. The van der Waals surface area contributed by atoms with E-state index in [4.69, 9.17) is 25.5 Å². The Labute approximate surface area is 300 Å². The van der Waals surface area contributed by atoms with Crippen molar-refractivity contribution in [2.24, 2.45) is 11.7 Å². The van der Waals surface area contributed by atoms with Crippen molar-refractivity contribution in [3.63, 3.8) is 0 Å². The summed E-state index contributed by atoms with van der Waals surface area (Å²) < 4.78 is 68.7. The van der Waals surface area contributed by atoms with Crippen LogP contribution in [0, 0.1) is 23.1 Å². The number of amides is 1. The van der Waals surface area contributed by atoms with E-state index in [1.807, 2.05) is 28.8 Å². The highest BCUT2D eigenvalue weighted by molar-refractivity contribution is 5.97. The van der Waals surface area contributed by atoms with Gasteiger partial charge in [-0.25, -0.2) is 9.37 Å². The Morgan fingerprint density at radius 3 is 2.42 bits per heavy atom. The lowest BCUT2D eigenvalue weighted by Gasteiger charge is -2.39. The van der Waals surface area contributed by atoms with E-state index in [0.29, 0.717) is 40.3 Å². The fourth-order valence-electron chi connectivity index (χ4n) is 7.28. The van der Waals surface area contributed by atoms with Crippen LogP contribution in [0.4, 0.5) is 17.6 Å². The minimum atomic E-state index is -4.26. The van der Waals surface area contributed by atoms with E-state index in [2.05, 4.69) is 16.3 Å². The van der Waals surface area contributed by atoms with Crippen molar-refractivity contribution < 1.29 is 31.8 Å². The molecule has 1 saturated carbocycles. The number of nitriles is 1. The number of likely N-dealkylation sites (tertiary alicyclic amines) is 1. The van der Waals surface area contributed by atoms with Crippen LogP contribution in [0.5, 0.6) is 5.75 Å². The Bertz CT molecular complexity index is 1970. The summed E-state index contributed by atoms with van der Waals surface area (Å²) in [5.74, 6) is -0.682. The van der Waals surface area contributed by atoms with Gasteiger partial charge in [-0.05, 0) is 120 Å². The number of rotatable bonds is 11. The molecule has 3 N–H and O–H groups in total. The Kier molecular flexibility index (Phi) is 10.4. The summed E-state index contributed by atoms with van der Waals surface area (Å²) in [7, 11) is 0. The van der Waals surface area contributed by atoms with Crippen LogP contribution in [-0.4, -0.2) is 51.1 Å². The third-order valence-corrected chi connectivity index (χ3v) is 9.76. The Balaban J connectivity index is 1.15. The fourth-order valence-corrected chi connectivity index (χ4v) is 7.28. The largest absolute Gasteiger partial charge is 0.489 e. The van der Waals surface area contributed by atoms with Gasteiger partial charge in [0, 0.05) is 17.2 Å². The van der Waals surface area contributed by atoms with Gasteiger partial charge in [0.2, 0.25) is 0 Å². The van der Waals surface area contributed by atoms with Gasteiger partial charge in [0.15, 0.2) is 0 Å². The van der Waals surface area contributed by atoms with E-state index in [-0.39, 0.29) is 37.0 Å². The summed E-state index contributed by atoms with van der Waals surface area (Å²) in [5.41, 5.74) is 7.25. The van der Waals surface area contributed by atoms with Crippen LogP contribution in [0.3, 0.4) is 0 Å². The van der Waals surface area contributed by atoms with E-state index in [1.165, 1.54) is 6.07 Å². The number of carbonyl (C=O) groups is 1. The van der Waals surface area contributed by atoms with Gasteiger partial charge in [-0.15, -0.1) is 0 Å². The molecule has 52 heavy (non-hydrogen) atoms. The lowest BCUT2D eigenvalue weighted by atomic mass is 9.79. The number of nitrogens with zero attached hydrogens (tertiary/aromatic N) is 4. The predicted molar refractivity (Wildman–Crippen MR) is 188 cm³/mol. The topological polar surface area (TPSA) is 118 Å². The molecule has 0 atom stereocenters. The quantitative estimate of drug-likeness (QED) is 0.121. The molecule has 9 nitrogen and oxygen atoms in total. The van der Waals surface area contributed by atoms with Gasteiger partial charge in [-0.1, -0.05) is 18.2 Å². The molecule has 6 rings (SSSR count). The second-order valence-corrected chi connectivity index (χ2v) is 15.0. The van der Waals surface area contributed by atoms with Crippen LogP contribution in [0.1, 0.15) is 98.2 Å². The minimum Gasteiger partial charge on any atom is -0.489 e. The predicted octanol–water partition coefficient (Wildman–Crippen LogP) is 7.70. The molecular formula is C39H44F4N6O3. The number of piperidine rings is 1. The molecule has 1 aliphatic carbocycles. The molecule has 2 heterocycles. The van der Waals surface area contributed by atoms with Crippen molar-refractivity contribution >= 4 is 16.9 Å². The molecule has 0 radical (unpaired) electrons. The summed E-state index contributed by atoms with van der Waals surface area (Å²) in [6, 6.07) is 18.7. The number of nitrogens with one attached hydrogen (secondary N) is 1. The molecule has 1 aliphatic heterocycles. The number of ether oxygens (including phenoxy) is 2. The zero-order valence-electron chi connectivity index (χ0n) is 29.8. The van der Waals surface area contributed by atoms with Gasteiger partial charge >= 0.3 is 6.18 Å². The van der Waals surface area contributed by atoms with Gasteiger partial charge in [-0.3, -0.25) is 9.69 Å². The second kappa shape index (κ2) is 14.5. The van der Waals surface area contributed by atoms with Gasteiger partial charge in [0.25, 0.3) is 5.91 Å². The smallest absolute Gasteiger partial charge is 0.391 e. The number of hydrogen-bond acceptors (Lipinski definition) is 7. The van der Waals surface area contributed by atoms with Crippen molar-refractivity contribution in [1.82, 2.24) is 19.8 Å². The van der Waals surface area contributed by atoms with Crippen LogP contribution >= 0.6 is 0 Å². The average Bonchev–Trinajstić information content (AvgIpc) is 3.38. The number of carbonyl (C=O) groups excluding carboxylic acids is 1. The average molecular weight is 721 g/mol. The molecule has 3 aromatic carbocycles. The normalized spacial score (nSPS) is 18.9. The highest BCUT2D eigenvalue weighted by Crippen LogP contribution is 2.48. The molecule has 0 spiro atoms. The number of imidazole rings is 1. The summed E-state index contributed by atoms with van der Waals surface area (Å²) in [5, 5.41) is 11.8. The first kappa shape index (κ1) is 37.3. The number of benzene rings is 3. The maximum Gasteiger partial charge on any atom is 0.391 e. The van der Waals surface area contributed by atoms with Crippen molar-refractivity contribution in [1.29, 1.82) is 5.26 Å².